The van der Waals surface area contributed by atoms with Crippen LogP contribution in [0.3, 0.4) is 0 Å². The van der Waals surface area contributed by atoms with Crippen LogP contribution in [0.1, 0.15) is 40.4 Å². The number of hydrogen-bond donors (Lipinski definition) is 1. The lowest BCUT2D eigenvalue weighted by molar-refractivity contribution is -0.143. The molecule has 0 radical (unpaired) electrons. The molecule has 0 aliphatic heterocycles. The lowest BCUT2D eigenvalue weighted by atomic mass is 10.1. The number of nitrogens with zero attached hydrogens (tertiary/aromatic N) is 4. The quantitative estimate of drug-likeness (QED) is 0.573. The standard InChI is InChI=1S/C21H19F4N5O2/c1-3-29(4-2)20(32)13-5-9-15(10-6-13)26-19(31)17-18(21(23,24)25)30(28-27-17)16-11-7-14(22)8-12-16/h5-12H,3-4H2,1-2H3,(H,26,31). The Morgan fingerprint density at radius 1 is 1.00 bits per heavy atom. The van der Waals surface area contributed by atoms with Gasteiger partial charge in [-0.1, -0.05) is 5.21 Å². The highest BCUT2D eigenvalue weighted by atomic mass is 19.4. The molecule has 3 rings (SSSR count). The van der Waals surface area contributed by atoms with Crippen LogP contribution in [-0.2, 0) is 6.18 Å². The second-order valence-electron chi connectivity index (χ2n) is 6.68. The molecule has 0 aliphatic carbocycles. The number of amides is 2. The molecule has 0 fully saturated rings. The highest BCUT2D eigenvalue weighted by Crippen LogP contribution is 2.33. The second kappa shape index (κ2) is 9.16. The maximum absolute atomic E-state index is 13.7. The third-order valence-corrected chi connectivity index (χ3v) is 4.67. The van der Waals surface area contributed by atoms with E-state index in [4.69, 9.17) is 0 Å². The number of benzene rings is 2. The van der Waals surface area contributed by atoms with Crippen LogP contribution in [0.4, 0.5) is 23.2 Å². The molecule has 0 unspecified atom stereocenters. The average Bonchev–Trinajstić information content (AvgIpc) is 3.21. The smallest absolute Gasteiger partial charge is 0.339 e. The number of aromatic nitrogens is 3. The zero-order valence-electron chi connectivity index (χ0n) is 17.2. The lowest BCUT2D eigenvalue weighted by Gasteiger charge is -2.18. The van der Waals surface area contributed by atoms with Crippen molar-refractivity contribution in [2.24, 2.45) is 0 Å². The summed E-state index contributed by atoms with van der Waals surface area (Å²) in [4.78, 5) is 26.5. The van der Waals surface area contributed by atoms with Gasteiger partial charge in [-0.3, -0.25) is 9.59 Å². The van der Waals surface area contributed by atoms with Crippen LogP contribution in [0.25, 0.3) is 5.69 Å². The van der Waals surface area contributed by atoms with Crippen molar-refractivity contribution in [2.45, 2.75) is 20.0 Å². The molecular weight excluding hydrogens is 430 g/mol. The molecule has 2 amide bonds. The molecule has 1 N–H and O–H groups in total. The number of alkyl halides is 3. The van der Waals surface area contributed by atoms with Gasteiger partial charge in [0, 0.05) is 24.3 Å². The summed E-state index contributed by atoms with van der Waals surface area (Å²) in [7, 11) is 0. The number of anilines is 1. The third kappa shape index (κ3) is 4.76. The topological polar surface area (TPSA) is 80.1 Å². The summed E-state index contributed by atoms with van der Waals surface area (Å²) in [6.45, 7) is 4.73. The zero-order chi connectivity index (χ0) is 23.5. The van der Waals surface area contributed by atoms with Crippen molar-refractivity contribution in [3.05, 3.63) is 71.3 Å². The highest BCUT2D eigenvalue weighted by Gasteiger charge is 2.42. The first-order valence-corrected chi connectivity index (χ1v) is 9.65. The fourth-order valence-corrected chi connectivity index (χ4v) is 3.03. The van der Waals surface area contributed by atoms with E-state index in [0.29, 0.717) is 23.3 Å². The van der Waals surface area contributed by atoms with Gasteiger partial charge in [0.1, 0.15) is 5.82 Å². The van der Waals surface area contributed by atoms with Gasteiger partial charge in [-0.15, -0.1) is 5.10 Å². The molecule has 0 aliphatic rings. The lowest BCUT2D eigenvalue weighted by Crippen LogP contribution is -2.30. The number of carbonyl (C=O) groups excluding carboxylic acids is 2. The van der Waals surface area contributed by atoms with Crippen LogP contribution < -0.4 is 5.32 Å². The third-order valence-electron chi connectivity index (χ3n) is 4.67. The fraction of sp³-hybridized carbons (Fsp3) is 0.238. The number of hydrogen-bond acceptors (Lipinski definition) is 4. The molecular formula is C21H19F4N5O2. The van der Waals surface area contributed by atoms with Crippen molar-refractivity contribution in [3.63, 3.8) is 0 Å². The molecule has 32 heavy (non-hydrogen) atoms. The predicted molar refractivity (Wildman–Crippen MR) is 108 cm³/mol. The van der Waals surface area contributed by atoms with E-state index in [0.717, 1.165) is 24.3 Å². The molecule has 0 atom stereocenters. The minimum Gasteiger partial charge on any atom is -0.339 e. The summed E-state index contributed by atoms with van der Waals surface area (Å²) >= 11 is 0. The molecule has 168 valence electrons. The van der Waals surface area contributed by atoms with Gasteiger partial charge in [0.15, 0.2) is 11.4 Å². The zero-order valence-corrected chi connectivity index (χ0v) is 17.2. The van der Waals surface area contributed by atoms with Crippen molar-refractivity contribution in [3.8, 4) is 5.69 Å². The Hall–Kier alpha value is -3.76. The van der Waals surface area contributed by atoms with Crippen molar-refractivity contribution in [2.75, 3.05) is 18.4 Å². The molecule has 1 aromatic heterocycles. The average molecular weight is 449 g/mol. The van der Waals surface area contributed by atoms with Crippen LogP contribution in [-0.4, -0.2) is 44.8 Å². The first kappa shape index (κ1) is 22.9. The van der Waals surface area contributed by atoms with E-state index in [2.05, 4.69) is 15.6 Å². The summed E-state index contributed by atoms with van der Waals surface area (Å²) in [5.74, 6) is -1.97. The van der Waals surface area contributed by atoms with Gasteiger partial charge in [0.2, 0.25) is 0 Å². The van der Waals surface area contributed by atoms with Gasteiger partial charge >= 0.3 is 6.18 Å². The molecule has 0 saturated carbocycles. The molecule has 0 spiro atoms. The van der Waals surface area contributed by atoms with Crippen LogP contribution in [0.15, 0.2) is 48.5 Å². The first-order chi connectivity index (χ1) is 15.2. The minimum atomic E-state index is -4.95. The largest absolute Gasteiger partial charge is 0.435 e. The van der Waals surface area contributed by atoms with Crippen LogP contribution in [0, 0.1) is 5.82 Å². The Labute approximate surface area is 180 Å². The second-order valence-corrected chi connectivity index (χ2v) is 6.68. The Kier molecular flexibility index (Phi) is 6.56. The van der Waals surface area contributed by atoms with Gasteiger partial charge in [-0.25, -0.2) is 9.07 Å². The SMILES string of the molecule is CCN(CC)C(=O)c1ccc(NC(=O)c2nnn(-c3ccc(F)cc3)c2C(F)(F)F)cc1. The van der Waals surface area contributed by atoms with Crippen LogP contribution in [0.5, 0.6) is 0 Å². The first-order valence-electron chi connectivity index (χ1n) is 9.65. The molecule has 0 bridgehead atoms. The van der Waals surface area contributed by atoms with Crippen molar-refractivity contribution < 1.29 is 27.2 Å². The van der Waals surface area contributed by atoms with E-state index >= 15 is 0 Å². The molecule has 11 heteroatoms. The Morgan fingerprint density at radius 2 is 1.59 bits per heavy atom. The number of carbonyl (C=O) groups is 2. The van der Waals surface area contributed by atoms with E-state index in [-0.39, 0.29) is 17.3 Å². The van der Waals surface area contributed by atoms with Crippen molar-refractivity contribution in [1.29, 1.82) is 0 Å². The van der Waals surface area contributed by atoms with Gasteiger partial charge in [0.25, 0.3) is 11.8 Å². The van der Waals surface area contributed by atoms with E-state index in [9.17, 15) is 27.2 Å². The van der Waals surface area contributed by atoms with E-state index in [1.165, 1.54) is 24.3 Å². The molecule has 3 aromatic rings. The predicted octanol–water partition coefficient (Wildman–Crippen LogP) is 4.16. The van der Waals surface area contributed by atoms with Gasteiger partial charge < -0.3 is 10.2 Å². The van der Waals surface area contributed by atoms with Gasteiger partial charge in [-0.2, -0.15) is 13.2 Å². The Morgan fingerprint density at radius 3 is 2.12 bits per heavy atom. The van der Waals surface area contributed by atoms with Crippen molar-refractivity contribution >= 4 is 17.5 Å². The number of halogens is 4. The maximum Gasteiger partial charge on any atom is 0.435 e. The van der Waals surface area contributed by atoms with E-state index in [1.54, 1.807) is 4.90 Å². The number of nitrogens with one attached hydrogen (secondary N) is 1. The summed E-state index contributed by atoms with van der Waals surface area (Å²) in [6.07, 6.45) is -4.95. The van der Waals surface area contributed by atoms with Gasteiger partial charge in [0.05, 0.1) is 5.69 Å². The van der Waals surface area contributed by atoms with Crippen molar-refractivity contribution in [1.82, 2.24) is 19.9 Å². The fourth-order valence-electron chi connectivity index (χ4n) is 3.03. The molecule has 1 heterocycles. The van der Waals surface area contributed by atoms with Gasteiger partial charge in [-0.05, 0) is 62.4 Å². The van der Waals surface area contributed by atoms with Crippen LogP contribution >= 0.6 is 0 Å². The highest BCUT2D eigenvalue weighted by molar-refractivity contribution is 6.04. The molecule has 0 saturated heterocycles. The van der Waals surface area contributed by atoms with E-state index < -0.39 is 29.3 Å². The summed E-state index contributed by atoms with van der Waals surface area (Å²) < 4.78 is 54.6. The molecule has 7 nitrogen and oxygen atoms in total. The minimum absolute atomic E-state index is 0.107. The monoisotopic (exact) mass is 449 g/mol. The summed E-state index contributed by atoms with van der Waals surface area (Å²) in [5, 5.41) is 9.16. The summed E-state index contributed by atoms with van der Waals surface area (Å²) in [5.41, 5.74) is -1.88. The summed E-state index contributed by atoms with van der Waals surface area (Å²) in [6, 6.07) is 9.88. The number of rotatable bonds is 6. The van der Waals surface area contributed by atoms with E-state index in [1.807, 2.05) is 13.8 Å². The maximum atomic E-state index is 13.7. The Bertz CT molecular complexity index is 1100. The Balaban J connectivity index is 1.87. The normalized spacial score (nSPS) is 11.3. The molecule has 2 aromatic carbocycles. The van der Waals surface area contributed by atoms with Crippen LogP contribution in [0.2, 0.25) is 0 Å².